The van der Waals surface area contributed by atoms with Crippen LogP contribution >= 0.6 is 11.6 Å². The van der Waals surface area contributed by atoms with Crippen LogP contribution < -0.4 is 9.64 Å². The Balaban J connectivity index is 1.45. The third kappa shape index (κ3) is 4.61. The minimum atomic E-state index is -0.0509. The van der Waals surface area contributed by atoms with Crippen molar-refractivity contribution >= 4 is 35.5 Å². The molecule has 1 fully saturated rings. The Kier molecular flexibility index (Phi) is 6.43. The van der Waals surface area contributed by atoms with E-state index in [1.165, 1.54) is 0 Å². The van der Waals surface area contributed by atoms with Gasteiger partial charge in [-0.15, -0.1) is 0 Å². The number of aromatic nitrogens is 1. The van der Waals surface area contributed by atoms with E-state index in [2.05, 4.69) is 11.1 Å². The maximum Gasteiger partial charge on any atom is 0.254 e. The van der Waals surface area contributed by atoms with Crippen LogP contribution in [0.25, 0.3) is 12.2 Å². The SMILES string of the molecule is COc1cccc(C(=O)N2CCN(c3oc(C=Cc4ccccc4Cl)nc3C#N)CC2)c1. The maximum absolute atomic E-state index is 12.8. The summed E-state index contributed by atoms with van der Waals surface area (Å²) in [6.07, 6.45) is 3.48. The summed E-state index contributed by atoms with van der Waals surface area (Å²) in [7, 11) is 1.57. The van der Waals surface area contributed by atoms with Crippen LogP contribution in [-0.2, 0) is 0 Å². The second-order valence-corrected chi connectivity index (χ2v) is 7.59. The van der Waals surface area contributed by atoms with Crippen LogP contribution in [0.1, 0.15) is 27.5 Å². The second-order valence-electron chi connectivity index (χ2n) is 7.18. The van der Waals surface area contributed by atoms with Gasteiger partial charge in [0, 0.05) is 42.8 Å². The molecule has 1 saturated heterocycles. The van der Waals surface area contributed by atoms with Gasteiger partial charge in [0.15, 0.2) is 0 Å². The molecule has 162 valence electrons. The topological polar surface area (TPSA) is 82.6 Å². The zero-order valence-corrected chi connectivity index (χ0v) is 18.2. The van der Waals surface area contributed by atoms with Crippen molar-refractivity contribution in [2.75, 3.05) is 38.2 Å². The van der Waals surface area contributed by atoms with E-state index in [-0.39, 0.29) is 11.6 Å². The van der Waals surface area contributed by atoms with E-state index in [9.17, 15) is 10.1 Å². The lowest BCUT2D eigenvalue weighted by Crippen LogP contribution is -2.48. The van der Waals surface area contributed by atoms with Crippen LogP contribution in [0.15, 0.2) is 52.9 Å². The van der Waals surface area contributed by atoms with Crippen molar-refractivity contribution in [2.24, 2.45) is 0 Å². The quantitative estimate of drug-likeness (QED) is 0.577. The summed E-state index contributed by atoms with van der Waals surface area (Å²) in [6.45, 7) is 2.08. The van der Waals surface area contributed by atoms with Gasteiger partial charge in [-0.2, -0.15) is 10.2 Å². The Morgan fingerprint density at radius 2 is 1.94 bits per heavy atom. The summed E-state index contributed by atoms with van der Waals surface area (Å²) >= 11 is 6.17. The molecule has 1 aliphatic heterocycles. The van der Waals surface area contributed by atoms with Crippen molar-refractivity contribution in [1.29, 1.82) is 5.26 Å². The Hall–Kier alpha value is -3.76. The first-order valence-corrected chi connectivity index (χ1v) is 10.5. The number of hydrogen-bond acceptors (Lipinski definition) is 6. The summed E-state index contributed by atoms with van der Waals surface area (Å²) in [5, 5.41) is 10.1. The Morgan fingerprint density at radius 3 is 2.66 bits per heavy atom. The highest BCUT2D eigenvalue weighted by Gasteiger charge is 2.26. The fourth-order valence-electron chi connectivity index (χ4n) is 3.51. The first-order chi connectivity index (χ1) is 15.6. The molecule has 2 heterocycles. The summed E-state index contributed by atoms with van der Waals surface area (Å²) in [6, 6.07) is 16.6. The molecule has 1 amide bonds. The van der Waals surface area contributed by atoms with Gasteiger partial charge >= 0.3 is 0 Å². The van der Waals surface area contributed by atoms with Crippen LogP contribution in [0.3, 0.4) is 0 Å². The van der Waals surface area contributed by atoms with Crippen molar-refractivity contribution in [2.45, 2.75) is 0 Å². The molecule has 32 heavy (non-hydrogen) atoms. The van der Waals surface area contributed by atoms with Crippen molar-refractivity contribution in [3.8, 4) is 11.8 Å². The number of rotatable bonds is 5. The summed E-state index contributed by atoms with van der Waals surface area (Å²) in [5.41, 5.74) is 1.63. The summed E-state index contributed by atoms with van der Waals surface area (Å²) in [5.74, 6) is 1.34. The average Bonchev–Trinajstić information content (AvgIpc) is 3.26. The molecule has 8 heteroatoms. The van der Waals surface area contributed by atoms with Crippen molar-refractivity contribution in [3.05, 3.63) is 76.3 Å². The normalized spacial score (nSPS) is 13.9. The molecule has 0 radical (unpaired) electrons. The zero-order chi connectivity index (χ0) is 22.5. The van der Waals surface area contributed by atoms with Crippen LogP contribution in [0.4, 0.5) is 5.88 Å². The number of hydrogen-bond donors (Lipinski definition) is 0. The Labute approximate surface area is 191 Å². The monoisotopic (exact) mass is 448 g/mol. The standard InChI is InChI=1S/C24H21ClN4O3/c1-31-19-7-4-6-18(15-19)23(30)28-11-13-29(14-12-28)24-21(16-26)27-22(32-24)10-9-17-5-2-3-8-20(17)25/h2-10,15H,11-14H2,1H3. The van der Waals surface area contributed by atoms with Crippen LogP contribution in [0, 0.1) is 11.3 Å². The minimum Gasteiger partial charge on any atom is -0.497 e. The van der Waals surface area contributed by atoms with Gasteiger partial charge in [0.2, 0.25) is 17.5 Å². The lowest BCUT2D eigenvalue weighted by Gasteiger charge is -2.34. The van der Waals surface area contributed by atoms with Gasteiger partial charge in [-0.25, -0.2) is 0 Å². The van der Waals surface area contributed by atoms with Gasteiger partial charge in [0.1, 0.15) is 11.8 Å². The molecule has 0 spiro atoms. The summed E-state index contributed by atoms with van der Waals surface area (Å²) in [4.78, 5) is 20.8. The third-order valence-corrected chi connectivity index (χ3v) is 5.56. The first-order valence-electron chi connectivity index (χ1n) is 10.1. The molecule has 1 aliphatic rings. The predicted molar refractivity (Wildman–Crippen MR) is 123 cm³/mol. The van der Waals surface area contributed by atoms with E-state index >= 15 is 0 Å². The molecule has 0 saturated carbocycles. The number of amides is 1. The van der Waals surface area contributed by atoms with Gasteiger partial charge in [-0.05, 0) is 35.9 Å². The Bertz CT molecular complexity index is 1190. The number of oxazole rings is 1. The number of benzene rings is 2. The molecule has 0 bridgehead atoms. The smallest absolute Gasteiger partial charge is 0.254 e. The van der Waals surface area contributed by atoms with Crippen LogP contribution in [0.5, 0.6) is 5.75 Å². The second kappa shape index (κ2) is 9.58. The molecule has 0 aliphatic carbocycles. The third-order valence-electron chi connectivity index (χ3n) is 5.21. The predicted octanol–water partition coefficient (Wildman–Crippen LogP) is 4.34. The zero-order valence-electron chi connectivity index (χ0n) is 17.5. The number of carbonyl (C=O) groups excluding carboxylic acids is 1. The van der Waals surface area contributed by atoms with Gasteiger partial charge in [0.05, 0.1) is 7.11 Å². The molecule has 7 nitrogen and oxygen atoms in total. The number of anilines is 1. The van der Waals surface area contributed by atoms with E-state index in [4.69, 9.17) is 20.8 Å². The lowest BCUT2D eigenvalue weighted by atomic mass is 10.1. The fourth-order valence-corrected chi connectivity index (χ4v) is 3.71. The number of ether oxygens (including phenoxy) is 1. The van der Waals surface area contributed by atoms with E-state index in [0.29, 0.717) is 54.3 Å². The first kappa shape index (κ1) is 21.5. The van der Waals surface area contributed by atoms with E-state index < -0.39 is 0 Å². The molecular weight excluding hydrogens is 428 g/mol. The van der Waals surface area contributed by atoms with Crippen molar-refractivity contribution in [1.82, 2.24) is 9.88 Å². The lowest BCUT2D eigenvalue weighted by molar-refractivity contribution is 0.0745. The molecule has 4 rings (SSSR count). The number of halogens is 1. The van der Waals surface area contributed by atoms with Gasteiger partial charge in [-0.3, -0.25) is 4.79 Å². The van der Waals surface area contributed by atoms with Crippen molar-refractivity contribution < 1.29 is 13.9 Å². The van der Waals surface area contributed by atoms with Gasteiger partial charge < -0.3 is 19.0 Å². The molecule has 0 unspecified atom stereocenters. The molecule has 2 aromatic carbocycles. The summed E-state index contributed by atoms with van der Waals surface area (Å²) < 4.78 is 11.1. The number of piperazine rings is 1. The largest absolute Gasteiger partial charge is 0.497 e. The molecule has 0 atom stereocenters. The molecule has 1 aromatic heterocycles. The van der Waals surface area contributed by atoms with Crippen molar-refractivity contribution in [3.63, 3.8) is 0 Å². The van der Waals surface area contributed by atoms with Gasteiger partial charge in [0.25, 0.3) is 5.91 Å². The molecule has 0 N–H and O–H groups in total. The van der Waals surface area contributed by atoms with E-state index in [0.717, 1.165) is 5.56 Å². The fraction of sp³-hybridized carbons (Fsp3) is 0.208. The average molecular weight is 449 g/mol. The van der Waals surface area contributed by atoms with Crippen LogP contribution in [0.2, 0.25) is 5.02 Å². The highest BCUT2D eigenvalue weighted by Crippen LogP contribution is 2.25. The van der Waals surface area contributed by atoms with E-state index in [1.807, 2.05) is 23.1 Å². The van der Waals surface area contributed by atoms with Gasteiger partial charge in [-0.1, -0.05) is 35.9 Å². The van der Waals surface area contributed by atoms with Crippen LogP contribution in [-0.4, -0.2) is 49.1 Å². The minimum absolute atomic E-state index is 0.0509. The highest BCUT2D eigenvalue weighted by atomic mass is 35.5. The van der Waals surface area contributed by atoms with E-state index in [1.54, 1.807) is 54.5 Å². The highest BCUT2D eigenvalue weighted by molar-refractivity contribution is 6.32. The molecule has 3 aromatic rings. The Morgan fingerprint density at radius 1 is 1.16 bits per heavy atom. The number of nitrogens with zero attached hydrogens (tertiary/aromatic N) is 4. The maximum atomic E-state index is 12.8. The number of methoxy groups -OCH3 is 1. The number of nitriles is 1. The molecular formula is C24H21ClN4O3. The number of carbonyl (C=O) groups is 1.